The van der Waals surface area contributed by atoms with Crippen LogP contribution >= 0.6 is 0 Å². The van der Waals surface area contributed by atoms with Crippen molar-refractivity contribution in [3.05, 3.63) is 23.8 Å². The third kappa shape index (κ3) is 3.35. The van der Waals surface area contributed by atoms with Gasteiger partial charge in [-0.3, -0.25) is 9.59 Å². The van der Waals surface area contributed by atoms with Crippen LogP contribution in [0.25, 0.3) is 0 Å². The van der Waals surface area contributed by atoms with Gasteiger partial charge < -0.3 is 15.0 Å². The molecule has 0 spiro atoms. The third-order valence-electron chi connectivity index (χ3n) is 3.43. The van der Waals surface area contributed by atoms with Crippen LogP contribution in [0.5, 0.6) is 5.75 Å². The summed E-state index contributed by atoms with van der Waals surface area (Å²) in [4.78, 5) is 25.9. The van der Waals surface area contributed by atoms with E-state index >= 15 is 0 Å². The summed E-state index contributed by atoms with van der Waals surface area (Å²) >= 11 is 0. The second-order valence-corrected chi connectivity index (χ2v) is 5.25. The molecule has 2 amide bonds. The van der Waals surface area contributed by atoms with E-state index in [0.717, 1.165) is 25.9 Å². The van der Waals surface area contributed by atoms with Gasteiger partial charge in [0.25, 0.3) is 11.8 Å². The molecule has 5 nitrogen and oxygen atoms in total. The quantitative estimate of drug-likeness (QED) is 0.907. The summed E-state index contributed by atoms with van der Waals surface area (Å²) in [5.41, 5.74) is 1.21. The zero-order valence-electron chi connectivity index (χ0n) is 12.8. The first-order chi connectivity index (χ1) is 10.1. The van der Waals surface area contributed by atoms with Crippen molar-refractivity contribution in [2.45, 2.75) is 39.7 Å². The van der Waals surface area contributed by atoms with Crippen molar-refractivity contribution in [3.63, 3.8) is 0 Å². The number of carbonyl (C=O) groups is 2. The van der Waals surface area contributed by atoms with Gasteiger partial charge in [-0.25, -0.2) is 0 Å². The zero-order valence-corrected chi connectivity index (χ0v) is 12.8. The van der Waals surface area contributed by atoms with Crippen molar-refractivity contribution in [3.8, 4) is 5.75 Å². The summed E-state index contributed by atoms with van der Waals surface area (Å²) in [6, 6.07) is 5.17. The first kappa shape index (κ1) is 15.4. The zero-order chi connectivity index (χ0) is 15.4. The minimum absolute atomic E-state index is 0.00894. The highest BCUT2D eigenvalue weighted by Gasteiger charge is 2.25. The summed E-state index contributed by atoms with van der Waals surface area (Å²) in [7, 11) is 0. The molecule has 114 valence electrons. The van der Waals surface area contributed by atoms with Crippen LogP contribution in [0, 0.1) is 0 Å². The van der Waals surface area contributed by atoms with Gasteiger partial charge in [-0.2, -0.15) is 0 Å². The molecule has 0 aliphatic carbocycles. The van der Waals surface area contributed by atoms with Crippen molar-refractivity contribution < 1.29 is 14.3 Å². The van der Waals surface area contributed by atoms with Crippen molar-refractivity contribution in [1.29, 1.82) is 0 Å². The summed E-state index contributed by atoms with van der Waals surface area (Å²) < 4.78 is 5.55. The average Bonchev–Trinajstić information content (AvgIpc) is 2.47. The van der Waals surface area contributed by atoms with Crippen molar-refractivity contribution >= 4 is 17.5 Å². The molecule has 0 saturated carbocycles. The van der Waals surface area contributed by atoms with Crippen LogP contribution in [0.1, 0.15) is 44.0 Å². The number of hydrogen-bond donors (Lipinski definition) is 1. The topological polar surface area (TPSA) is 58.6 Å². The number of fused-ring (bicyclic) bond motifs is 1. The molecule has 5 heteroatoms. The fraction of sp³-hybridized carbons (Fsp3) is 0.500. The highest BCUT2D eigenvalue weighted by molar-refractivity contribution is 6.00. The van der Waals surface area contributed by atoms with Crippen LogP contribution in [0.4, 0.5) is 5.69 Å². The number of hydrogen-bond acceptors (Lipinski definition) is 3. The Kier molecular flexibility index (Phi) is 4.83. The predicted molar refractivity (Wildman–Crippen MR) is 81.6 cm³/mol. The number of ether oxygens (including phenoxy) is 1. The molecule has 1 unspecified atom stereocenters. The second-order valence-electron chi connectivity index (χ2n) is 5.25. The molecule has 1 aromatic carbocycles. The largest absolute Gasteiger partial charge is 0.479 e. The van der Waals surface area contributed by atoms with Gasteiger partial charge >= 0.3 is 0 Å². The number of amides is 2. The van der Waals surface area contributed by atoms with Crippen molar-refractivity contribution in [2.24, 2.45) is 0 Å². The molecule has 1 atom stereocenters. The van der Waals surface area contributed by atoms with Crippen LogP contribution in [0.3, 0.4) is 0 Å². The summed E-state index contributed by atoms with van der Waals surface area (Å²) in [6.45, 7) is 7.30. The normalized spacial score (nSPS) is 16.7. The van der Waals surface area contributed by atoms with Gasteiger partial charge in [-0.05, 0) is 38.0 Å². The van der Waals surface area contributed by atoms with E-state index < -0.39 is 6.10 Å². The maximum absolute atomic E-state index is 12.5. The molecule has 1 aromatic rings. The van der Waals surface area contributed by atoms with Crippen molar-refractivity contribution in [2.75, 3.05) is 18.4 Å². The van der Waals surface area contributed by atoms with Gasteiger partial charge in [0.2, 0.25) is 0 Å². The summed E-state index contributed by atoms with van der Waals surface area (Å²) in [5, 5.41) is 2.77. The van der Waals surface area contributed by atoms with E-state index in [0.29, 0.717) is 17.0 Å². The molecule has 0 saturated heterocycles. The van der Waals surface area contributed by atoms with Crippen LogP contribution in [0.15, 0.2) is 18.2 Å². The molecule has 2 rings (SSSR count). The Morgan fingerprint density at radius 3 is 2.57 bits per heavy atom. The van der Waals surface area contributed by atoms with Crippen LogP contribution < -0.4 is 10.1 Å². The van der Waals surface area contributed by atoms with E-state index in [1.165, 1.54) is 0 Å². The Balaban J connectivity index is 2.23. The Morgan fingerprint density at radius 2 is 1.95 bits per heavy atom. The first-order valence-electron chi connectivity index (χ1n) is 7.47. The number of nitrogens with zero attached hydrogens (tertiary/aromatic N) is 1. The van der Waals surface area contributed by atoms with Crippen LogP contribution in [-0.4, -0.2) is 35.9 Å². The summed E-state index contributed by atoms with van der Waals surface area (Å²) in [6.07, 6.45) is 1.32. The first-order valence-corrected chi connectivity index (χ1v) is 7.47. The number of benzene rings is 1. The number of anilines is 1. The maximum atomic E-state index is 12.5. The van der Waals surface area contributed by atoms with E-state index in [9.17, 15) is 9.59 Å². The third-order valence-corrected chi connectivity index (χ3v) is 3.43. The predicted octanol–water partition coefficient (Wildman–Crippen LogP) is 2.67. The molecule has 1 aliphatic heterocycles. The van der Waals surface area contributed by atoms with Crippen LogP contribution in [-0.2, 0) is 4.79 Å². The van der Waals surface area contributed by atoms with Gasteiger partial charge in [0.05, 0.1) is 5.69 Å². The minimum atomic E-state index is -0.537. The Hall–Kier alpha value is -2.04. The standard InChI is InChI=1S/C16H22N2O3/c1-4-8-18(9-5-2)16(20)12-6-7-13-14(10-12)21-11(3)15(19)17-13/h6-7,10-11H,4-5,8-9H2,1-3H3,(H,17,19). The average molecular weight is 290 g/mol. The van der Waals surface area contributed by atoms with Crippen LogP contribution in [0.2, 0.25) is 0 Å². The molecule has 0 radical (unpaired) electrons. The Labute approximate surface area is 125 Å². The molecule has 1 heterocycles. The molecule has 0 bridgehead atoms. The number of carbonyl (C=O) groups excluding carboxylic acids is 2. The lowest BCUT2D eigenvalue weighted by Crippen LogP contribution is -2.35. The fourth-order valence-corrected chi connectivity index (χ4v) is 2.37. The lowest BCUT2D eigenvalue weighted by atomic mass is 10.1. The molecule has 21 heavy (non-hydrogen) atoms. The van der Waals surface area contributed by atoms with E-state index in [4.69, 9.17) is 4.74 Å². The van der Waals surface area contributed by atoms with Gasteiger partial charge in [0, 0.05) is 18.7 Å². The maximum Gasteiger partial charge on any atom is 0.265 e. The van der Waals surface area contributed by atoms with Gasteiger partial charge in [0.1, 0.15) is 5.75 Å². The summed E-state index contributed by atoms with van der Waals surface area (Å²) in [5.74, 6) is 0.399. The van der Waals surface area contributed by atoms with E-state index in [1.54, 1.807) is 25.1 Å². The lowest BCUT2D eigenvalue weighted by molar-refractivity contribution is -0.122. The molecule has 0 fully saturated rings. The van der Waals surface area contributed by atoms with E-state index in [-0.39, 0.29) is 11.8 Å². The monoisotopic (exact) mass is 290 g/mol. The highest BCUT2D eigenvalue weighted by Crippen LogP contribution is 2.30. The van der Waals surface area contributed by atoms with Gasteiger partial charge in [-0.1, -0.05) is 13.8 Å². The molecule has 1 aliphatic rings. The highest BCUT2D eigenvalue weighted by atomic mass is 16.5. The van der Waals surface area contributed by atoms with Gasteiger partial charge in [0.15, 0.2) is 6.10 Å². The Morgan fingerprint density at radius 1 is 1.29 bits per heavy atom. The SMILES string of the molecule is CCCN(CCC)C(=O)c1ccc2c(c1)OC(C)C(=O)N2. The van der Waals surface area contributed by atoms with Gasteiger partial charge in [-0.15, -0.1) is 0 Å². The lowest BCUT2D eigenvalue weighted by Gasteiger charge is -2.25. The number of rotatable bonds is 5. The molecule has 0 aromatic heterocycles. The number of nitrogens with one attached hydrogen (secondary N) is 1. The smallest absolute Gasteiger partial charge is 0.265 e. The Bertz CT molecular complexity index is 536. The van der Waals surface area contributed by atoms with E-state index in [1.807, 2.05) is 4.90 Å². The second kappa shape index (κ2) is 6.61. The molecular weight excluding hydrogens is 268 g/mol. The van der Waals surface area contributed by atoms with E-state index in [2.05, 4.69) is 19.2 Å². The molecule has 1 N–H and O–H groups in total. The fourth-order valence-electron chi connectivity index (χ4n) is 2.37. The minimum Gasteiger partial charge on any atom is -0.479 e. The molecular formula is C16H22N2O3. The van der Waals surface area contributed by atoms with Crippen molar-refractivity contribution in [1.82, 2.24) is 4.90 Å².